The number of hydrogen-bond acceptors (Lipinski definition) is 3. The second kappa shape index (κ2) is 6.79. The van der Waals surface area contributed by atoms with E-state index >= 15 is 0 Å². The molecule has 2 rings (SSSR count). The van der Waals surface area contributed by atoms with Crippen molar-refractivity contribution in [3.05, 3.63) is 23.3 Å². The SMILES string of the molecule is Cc1cc(N)c(S(=O)(=O)NCCC2CCCCC2)cc1C. The Labute approximate surface area is 128 Å². The summed E-state index contributed by atoms with van der Waals surface area (Å²) in [6.07, 6.45) is 7.26. The van der Waals surface area contributed by atoms with Crippen LogP contribution >= 0.6 is 0 Å². The lowest BCUT2D eigenvalue weighted by Gasteiger charge is -2.21. The highest BCUT2D eigenvalue weighted by atomic mass is 32.2. The van der Waals surface area contributed by atoms with E-state index in [1.165, 1.54) is 32.1 Å². The van der Waals surface area contributed by atoms with Gasteiger partial charge in [0.2, 0.25) is 10.0 Å². The molecule has 0 spiro atoms. The Morgan fingerprint density at radius 3 is 2.43 bits per heavy atom. The van der Waals surface area contributed by atoms with Crippen LogP contribution in [0.25, 0.3) is 0 Å². The summed E-state index contributed by atoms with van der Waals surface area (Å²) in [5, 5.41) is 0. The number of hydrogen-bond donors (Lipinski definition) is 2. The Morgan fingerprint density at radius 2 is 1.76 bits per heavy atom. The molecule has 1 aromatic rings. The van der Waals surface area contributed by atoms with E-state index < -0.39 is 10.0 Å². The van der Waals surface area contributed by atoms with E-state index in [9.17, 15) is 8.42 Å². The molecule has 5 heteroatoms. The molecule has 1 aliphatic rings. The highest BCUT2D eigenvalue weighted by Crippen LogP contribution is 2.26. The van der Waals surface area contributed by atoms with E-state index in [1.807, 2.05) is 13.8 Å². The summed E-state index contributed by atoms with van der Waals surface area (Å²) in [6.45, 7) is 4.33. The van der Waals surface area contributed by atoms with Crippen LogP contribution in [0.2, 0.25) is 0 Å². The molecule has 0 radical (unpaired) electrons. The summed E-state index contributed by atoms with van der Waals surface area (Å²) in [5.41, 5.74) is 8.14. The molecule has 0 saturated heterocycles. The van der Waals surface area contributed by atoms with Gasteiger partial charge >= 0.3 is 0 Å². The summed E-state index contributed by atoms with van der Waals surface area (Å²) in [6, 6.07) is 3.39. The zero-order valence-corrected chi connectivity index (χ0v) is 13.8. The third-order valence-electron chi connectivity index (χ3n) is 4.49. The fraction of sp³-hybridized carbons (Fsp3) is 0.625. The summed E-state index contributed by atoms with van der Waals surface area (Å²) in [4.78, 5) is 0.203. The molecule has 0 bridgehead atoms. The molecule has 0 unspecified atom stereocenters. The molecule has 0 aromatic heterocycles. The summed E-state index contributed by atoms with van der Waals surface area (Å²) in [5.74, 6) is 0.665. The maximum Gasteiger partial charge on any atom is 0.242 e. The van der Waals surface area contributed by atoms with Gasteiger partial charge in [0.05, 0.1) is 5.69 Å². The van der Waals surface area contributed by atoms with E-state index in [0.717, 1.165) is 17.5 Å². The summed E-state index contributed by atoms with van der Waals surface area (Å²) in [7, 11) is -3.51. The van der Waals surface area contributed by atoms with E-state index in [-0.39, 0.29) is 4.90 Å². The van der Waals surface area contributed by atoms with Crippen molar-refractivity contribution in [3.63, 3.8) is 0 Å². The number of anilines is 1. The van der Waals surface area contributed by atoms with Crippen molar-refractivity contribution in [1.82, 2.24) is 4.72 Å². The number of aryl methyl sites for hydroxylation is 2. The van der Waals surface area contributed by atoms with Gasteiger partial charge in [0.1, 0.15) is 4.90 Å². The van der Waals surface area contributed by atoms with E-state index in [0.29, 0.717) is 18.2 Å². The third kappa shape index (κ3) is 4.20. The van der Waals surface area contributed by atoms with Crippen LogP contribution in [0.15, 0.2) is 17.0 Å². The topological polar surface area (TPSA) is 72.2 Å². The molecule has 1 fully saturated rings. The minimum atomic E-state index is -3.51. The Morgan fingerprint density at radius 1 is 1.14 bits per heavy atom. The van der Waals surface area contributed by atoms with Crippen LogP contribution in [-0.4, -0.2) is 15.0 Å². The van der Waals surface area contributed by atoms with Crippen molar-refractivity contribution < 1.29 is 8.42 Å². The van der Waals surface area contributed by atoms with Gasteiger partial charge in [-0.2, -0.15) is 0 Å². The van der Waals surface area contributed by atoms with E-state index in [4.69, 9.17) is 5.73 Å². The van der Waals surface area contributed by atoms with Crippen LogP contribution in [0.3, 0.4) is 0 Å². The molecule has 4 nitrogen and oxygen atoms in total. The van der Waals surface area contributed by atoms with E-state index in [2.05, 4.69) is 4.72 Å². The van der Waals surface area contributed by atoms with Crippen molar-refractivity contribution in [2.45, 2.75) is 57.3 Å². The highest BCUT2D eigenvalue weighted by molar-refractivity contribution is 7.89. The molecule has 118 valence electrons. The average Bonchev–Trinajstić information content (AvgIpc) is 2.43. The first-order valence-corrected chi connectivity index (χ1v) is 9.25. The molecular weight excluding hydrogens is 284 g/mol. The Kier molecular flexibility index (Phi) is 5.27. The maximum absolute atomic E-state index is 12.4. The first-order valence-electron chi connectivity index (χ1n) is 7.76. The fourth-order valence-corrected chi connectivity index (χ4v) is 4.24. The quantitative estimate of drug-likeness (QED) is 0.821. The lowest BCUT2D eigenvalue weighted by molar-refractivity contribution is 0.339. The molecule has 0 amide bonds. The number of sulfonamides is 1. The Bertz CT molecular complexity index is 591. The first kappa shape index (κ1) is 16.3. The summed E-state index contributed by atoms with van der Waals surface area (Å²) >= 11 is 0. The van der Waals surface area contributed by atoms with Gasteiger partial charge in [-0.3, -0.25) is 0 Å². The monoisotopic (exact) mass is 310 g/mol. The van der Waals surface area contributed by atoms with Crippen molar-refractivity contribution in [2.75, 3.05) is 12.3 Å². The van der Waals surface area contributed by atoms with Crippen molar-refractivity contribution in [1.29, 1.82) is 0 Å². The molecule has 0 heterocycles. The predicted molar refractivity (Wildman–Crippen MR) is 86.7 cm³/mol. The predicted octanol–water partition coefficient (Wildman–Crippen LogP) is 3.13. The second-order valence-electron chi connectivity index (χ2n) is 6.16. The van der Waals surface area contributed by atoms with Crippen LogP contribution < -0.4 is 10.5 Å². The van der Waals surface area contributed by atoms with Crippen LogP contribution in [0.5, 0.6) is 0 Å². The normalized spacial score (nSPS) is 17.0. The second-order valence-corrected chi connectivity index (χ2v) is 7.90. The summed E-state index contributed by atoms with van der Waals surface area (Å²) < 4.78 is 27.4. The minimum absolute atomic E-state index is 0.203. The average molecular weight is 310 g/mol. The lowest BCUT2D eigenvalue weighted by atomic mass is 9.87. The van der Waals surface area contributed by atoms with E-state index in [1.54, 1.807) is 12.1 Å². The molecule has 1 aliphatic carbocycles. The van der Waals surface area contributed by atoms with Crippen LogP contribution in [0.4, 0.5) is 5.69 Å². The lowest BCUT2D eigenvalue weighted by Crippen LogP contribution is -2.27. The van der Waals surface area contributed by atoms with Crippen molar-refractivity contribution in [3.8, 4) is 0 Å². The van der Waals surface area contributed by atoms with Crippen LogP contribution in [-0.2, 0) is 10.0 Å². The molecule has 3 N–H and O–H groups in total. The van der Waals surface area contributed by atoms with Gasteiger partial charge < -0.3 is 5.73 Å². The fourth-order valence-electron chi connectivity index (χ4n) is 3.00. The standard InChI is InChI=1S/C16H26N2O2S/c1-12-10-15(17)16(11-13(12)2)21(19,20)18-9-8-14-6-4-3-5-7-14/h10-11,14,18H,3-9,17H2,1-2H3. The number of nitrogens with two attached hydrogens (primary N) is 1. The van der Waals surface area contributed by atoms with Gasteiger partial charge in [0.25, 0.3) is 0 Å². The maximum atomic E-state index is 12.4. The Balaban J connectivity index is 1.99. The van der Waals surface area contributed by atoms with Crippen LogP contribution in [0.1, 0.15) is 49.7 Å². The zero-order chi connectivity index (χ0) is 15.5. The number of rotatable bonds is 5. The number of nitrogens with one attached hydrogen (secondary N) is 1. The molecule has 21 heavy (non-hydrogen) atoms. The highest BCUT2D eigenvalue weighted by Gasteiger charge is 2.19. The van der Waals surface area contributed by atoms with Gasteiger partial charge in [-0.25, -0.2) is 13.1 Å². The van der Waals surface area contributed by atoms with Crippen molar-refractivity contribution >= 4 is 15.7 Å². The van der Waals surface area contributed by atoms with Gasteiger partial charge in [0, 0.05) is 6.54 Å². The zero-order valence-electron chi connectivity index (χ0n) is 13.0. The molecule has 0 atom stereocenters. The number of benzene rings is 1. The Hall–Kier alpha value is -1.07. The molecule has 1 aromatic carbocycles. The van der Waals surface area contributed by atoms with Gasteiger partial charge in [0.15, 0.2) is 0 Å². The largest absolute Gasteiger partial charge is 0.398 e. The third-order valence-corrected chi connectivity index (χ3v) is 6.00. The van der Waals surface area contributed by atoms with Gasteiger partial charge in [-0.05, 0) is 49.4 Å². The minimum Gasteiger partial charge on any atom is -0.398 e. The van der Waals surface area contributed by atoms with Gasteiger partial charge in [-0.15, -0.1) is 0 Å². The number of nitrogen functional groups attached to an aromatic ring is 1. The van der Waals surface area contributed by atoms with Gasteiger partial charge in [-0.1, -0.05) is 32.1 Å². The molecular formula is C16H26N2O2S. The van der Waals surface area contributed by atoms with Crippen molar-refractivity contribution in [2.24, 2.45) is 5.92 Å². The molecule has 0 aliphatic heterocycles. The van der Waals surface area contributed by atoms with Crippen LogP contribution in [0, 0.1) is 19.8 Å². The molecule has 1 saturated carbocycles. The smallest absolute Gasteiger partial charge is 0.242 e. The first-order chi connectivity index (χ1) is 9.90.